The molecule has 0 atom stereocenters. The van der Waals surface area contributed by atoms with E-state index in [0.717, 1.165) is 0 Å². The lowest BCUT2D eigenvalue weighted by atomic mass is 10.2. The van der Waals surface area contributed by atoms with Gasteiger partial charge in [0.05, 0.1) is 6.61 Å². The highest BCUT2D eigenvalue weighted by Crippen LogP contribution is 2.21. The molecule has 8 nitrogen and oxygen atoms in total. The number of nitrogens with zero attached hydrogens (tertiary/aromatic N) is 1. The minimum Gasteiger partial charge on any atom is -0.451 e. The first kappa shape index (κ1) is 17.2. The number of rotatable bonds is 5. The predicted octanol–water partition coefficient (Wildman–Crippen LogP) is 2.08. The van der Waals surface area contributed by atoms with Gasteiger partial charge in [-0.2, -0.15) is 0 Å². The zero-order valence-corrected chi connectivity index (χ0v) is 13.2. The van der Waals surface area contributed by atoms with E-state index in [1.54, 1.807) is 26.0 Å². The van der Waals surface area contributed by atoms with Gasteiger partial charge in [-0.1, -0.05) is 18.2 Å². The molecule has 2 aromatic rings. The molecular weight excluding hydrogens is 316 g/mol. The second-order valence-corrected chi connectivity index (χ2v) is 4.63. The van der Waals surface area contributed by atoms with Gasteiger partial charge in [-0.15, -0.1) is 0 Å². The highest BCUT2D eigenvalue weighted by atomic mass is 16.6. The molecule has 0 aliphatic carbocycles. The van der Waals surface area contributed by atoms with Gasteiger partial charge in [0, 0.05) is 5.56 Å². The number of hydrogen-bond donors (Lipinski definition) is 1. The zero-order chi connectivity index (χ0) is 17.5. The van der Waals surface area contributed by atoms with Gasteiger partial charge >= 0.3 is 12.1 Å². The molecule has 0 saturated heterocycles. The summed E-state index contributed by atoms with van der Waals surface area (Å²) in [6.45, 7) is 2.65. The van der Waals surface area contributed by atoms with Crippen molar-refractivity contribution in [2.75, 3.05) is 13.2 Å². The van der Waals surface area contributed by atoms with Crippen LogP contribution in [0.1, 0.15) is 23.2 Å². The number of benzene rings is 1. The topological polar surface area (TPSA) is 108 Å². The number of amides is 2. The van der Waals surface area contributed by atoms with Crippen molar-refractivity contribution < 1.29 is 28.3 Å². The summed E-state index contributed by atoms with van der Waals surface area (Å²) in [5, 5.41) is 1.91. The lowest BCUT2D eigenvalue weighted by Gasteiger charge is -2.04. The molecule has 1 heterocycles. The third kappa shape index (κ3) is 4.42. The van der Waals surface area contributed by atoms with Crippen LogP contribution in [0.4, 0.5) is 4.79 Å². The quantitative estimate of drug-likeness (QED) is 0.835. The summed E-state index contributed by atoms with van der Waals surface area (Å²) in [5.74, 6) is -1.08. The second kappa shape index (κ2) is 7.91. The van der Waals surface area contributed by atoms with E-state index >= 15 is 0 Å². The van der Waals surface area contributed by atoms with E-state index in [-0.39, 0.29) is 24.0 Å². The van der Waals surface area contributed by atoms with Crippen LogP contribution in [0.3, 0.4) is 0 Å². The number of aryl methyl sites for hydroxylation is 1. The van der Waals surface area contributed by atoms with Crippen LogP contribution >= 0.6 is 0 Å². The van der Waals surface area contributed by atoms with Crippen molar-refractivity contribution >= 4 is 18.0 Å². The van der Waals surface area contributed by atoms with Crippen LogP contribution in [0, 0.1) is 6.92 Å². The first-order valence-corrected chi connectivity index (χ1v) is 7.17. The Balaban J connectivity index is 1.97. The van der Waals surface area contributed by atoms with Crippen LogP contribution in [0.2, 0.25) is 0 Å². The van der Waals surface area contributed by atoms with Crippen LogP contribution in [0.15, 0.2) is 34.7 Å². The van der Waals surface area contributed by atoms with Gasteiger partial charge in [0.2, 0.25) is 5.89 Å². The van der Waals surface area contributed by atoms with Gasteiger partial charge in [0.25, 0.3) is 5.91 Å². The van der Waals surface area contributed by atoms with Gasteiger partial charge in [0.15, 0.2) is 12.3 Å². The summed E-state index contributed by atoms with van der Waals surface area (Å²) >= 11 is 0. The van der Waals surface area contributed by atoms with Crippen LogP contribution in [-0.4, -0.2) is 36.2 Å². The molecule has 0 radical (unpaired) electrons. The minimum absolute atomic E-state index is 0.0298. The van der Waals surface area contributed by atoms with E-state index in [2.05, 4.69) is 9.72 Å². The molecule has 0 spiro atoms. The summed E-state index contributed by atoms with van der Waals surface area (Å²) in [7, 11) is 0. The SMILES string of the molecule is CCOC(=O)NC(=O)COC(=O)c1nc(-c2ccccc2)oc1C. The van der Waals surface area contributed by atoms with Crippen molar-refractivity contribution in [3.05, 3.63) is 41.8 Å². The summed E-state index contributed by atoms with van der Waals surface area (Å²) in [6.07, 6.45) is -0.900. The molecule has 24 heavy (non-hydrogen) atoms. The lowest BCUT2D eigenvalue weighted by molar-refractivity contribution is -0.123. The standard InChI is InChI=1S/C16H16N2O6/c1-3-22-16(21)17-12(19)9-23-15(20)13-10(2)24-14(18-13)11-7-5-4-6-8-11/h4-8H,3,9H2,1-2H3,(H,17,19,21). The van der Waals surface area contributed by atoms with E-state index < -0.39 is 24.6 Å². The number of oxazole rings is 1. The molecule has 8 heteroatoms. The minimum atomic E-state index is -0.900. The smallest absolute Gasteiger partial charge is 0.413 e. The third-order valence-corrected chi connectivity index (χ3v) is 2.86. The summed E-state index contributed by atoms with van der Waals surface area (Å²) in [4.78, 5) is 38.6. The fourth-order valence-electron chi connectivity index (χ4n) is 1.81. The fourth-order valence-corrected chi connectivity index (χ4v) is 1.81. The number of nitrogens with one attached hydrogen (secondary N) is 1. The fraction of sp³-hybridized carbons (Fsp3) is 0.250. The Hall–Kier alpha value is -3.16. The Morgan fingerprint density at radius 1 is 1.17 bits per heavy atom. The van der Waals surface area contributed by atoms with E-state index in [9.17, 15) is 14.4 Å². The van der Waals surface area contributed by atoms with E-state index in [1.165, 1.54) is 0 Å². The predicted molar refractivity (Wildman–Crippen MR) is 82.1 cm³/mol. The van der Waals surface area contributed by atoms with Gasteiger partial charge < -0.3 is 13.9 Å². The van der Waals surface area contributed by atoms with Crippen molar-refractivity contribution in [2.24, 2.45) is 0 Å². The maximum atomic E-state index is 12.0. The third-order valence-electron chi connectivity index (χ3n) is 2.86. The number of alkyl carbamates (subject to hydrolysis) is 1. The molecule has 2 rings (SSSR count). The Bertz CT molecular complexity index is 738. The summed E-state index contributed by atoms with van der Waals surface area (Å²) in [6, 6.07) is 9.04. The molecule has 1 aromatic carbocycles. The Labute approximate surface area is 137 Å². The maximum Gasteiger partial charge on any atom is 0.413 e. The molecule has 1 N–H and O–H groups in total. The molecule has 0 aliphatic rings. The zero-order valence-electron chi connectivity index (χ0n) is 13.2. The van der Waals surface area contributed by atoms with Crippen molar-refractivity contribution in [2.45, 2.75) is 13.8 Å². The summed E-state index contributed by atoms with van der Waals surface area (Å²) in [5.41, 5.74) is 0.678. The van der Waals surface area contributed by atoms with Gasteiger partial charge in [-0.25, -0.2) is 14.6 Å². The van der Waals surface area contributed by atoms with Crippen molar-refractivity contribution in [3.8, 4) is 11.5 Å². The Morgan fingerprint density at radius 3 is 2.54 bits per heavy atom. The molecule has 0 unspecified atom stereocenters. The number of imide groups is 1. The molecule has 0 aliphatic heterocycles. The highest BCUT2D eigenvalue weighted by molar-refractivity contribution is 5.95. The first-order chi connectivity index (χ1) is 11.5. The van der Waals surface area contributed by atoms with Gasteiger partial charge in [0.1, 0.15) is 5.76 Å². The Morgan fingerprint density at radius 2 is 1.88 bits per heavy atom. The molecule has 0 bridgehead atoms. The number of aromatic nitrogens is 1. The first-order valence-electron chi connectivity index (χ1n) is 7.17. The molecule has 0 fully saturated rings. The van der Waals surface area contributed by atoms with E-state index in [4.69, 9.17) is 9.15 Å². The van der Waals surface area contributed by atoms with E-state index in [0.29, 0.717) is 5.56 Å². The molecule has 2 amide bonds. The molecule has 0 saturated carbocycles. The Kier molecular flexibility index (Phi) is 5.67. The average Bonchev–Trinajstić information content (AvgIpc) is 2.95. The lowest BCUT2D eigenvalue weighted by Crippen LogP contribution is -2.34. The number of esters is 1. The largest absolute Gasteiger partial charge is 0.451 e. The number of hydrogen-bond acceptors (Lipinski definition) is 7. The normalized spacial score (nSPS) is 10.1. The average molecular weight is 332 g/mol. The van der Waals surface area contributed by atoms with Crippen molar-refractivity contribution in [3.63, 3.8) is 0 Å². The van der Waals surface area contributed by atoms with Crippen LogP contribution in [0.5, 0.6) is 0 Å². The number of carbonyl (C=O) groups excluding carboxylic acids is 3. The van der Waals surface area contributed by atoms with Gasteiger partial charge in [-0.3, -0.25) is 10.1 Å². The van der Waals surface area contributed by atoms with E-state index in [1.807, 2.05) is 23.5 Å². The van der Waals surface area contributed by atoms with Gasteiger partial charge in [-0.05, 0) is 26.0 Å². The second-order valence-electron chi connectivity index (χ2n) is 4.63. The highest BCUT2D eigenvalue weighted by Gasteiger charge is 2.20. The number of ether oxygens (including phenoxy) is 2. The maximum absolute atomic E-state index is 12.0. The van der Waals surface area contributed by atoms with Crippen LogP contribution < -0.4 is 5.32 Å². The molecule has 126 valence electrons. The molecule has 1 aromatic heterocycles. The molecular formula is C16H16N2O6. The van der Waals surface area contributed by atoms with Crippen LogP contribution in [0.25, 0.3) is 11.5 Å². The van der Waals surface area contributed by atoms with Crippen molar-refractivity contribution in [1.82, 2.24) is 10.3 Å². The summed E-state index contributed by atoms with van der Waals surface area (Å²) < 4.78 is 14.8. The van der Waals surface area contributed by atoms with Crippen molar-refractivity contribution in [1.29, 1.82) is 0 Å². The van der Waals surface area contributed by atoms with Crippen LogP contribution in [-0.2, 0) is 14.3 Å². The number of carbonyl (C=O) groups is 3. The monoisotopic (exact) mass is 332 g/mol.